The van der Waals surface area contributed by atoms with Gasteiger partial charge in [0, 0.05) is 7.11 Å². The topological polar surface area (TPSA) is 40.5 Å². The van der Waals surface area contributed by atoms with Crippen LogP contribution in [-0.2, 0) is 12.8 Å². The summed E-state index contributed by atoms with van der Waals surface area (Å²) in [7, 11) is 1.00. The fourth-order valence-corrected chi connectivity index (χ4v) is 2.20. The van der Waals surface area contributed by atoms with E-state index in [4.69, 9.17) is 5.11 Å². The lowest BCUT2D eigenvalue weighted by atomic mass is 9.99. The molecule has 2 nitrogen and oxygen atoms in total. The van der Waals surface area contributed by atoms with E-state index in [1.807, 2.05) is 0 Å². The van der Waals surface area contributed by atoms with Crippen molar-refractivity contribution in [3.63, 3.8) is 0 Å². The first kappa shape index (κ1) is 12.2. The van der Waals surface area contributed by atoms with Crippen LogP contribution in [0.5, 0.6) is 0 Å². The summed E-state index contributed by atoms with van der Waals surface area (Å²) in [5.41, 5.74) is 5.25. The Bertz CT molecular complexity index is 332. The third-order valence-electron chi connectivity index (χ3n) is 3.00. The monoisotopic (exact) mass is 208 g/mol. The van der Waals surface area contributed by atoms with Gasteiger partial charge in [0.2, 0.25) is 0 Å². The highest BCUT2D eigenvalue weighted by atomic mass is 16.3. The third kappa shape index (κ3) is 2.39. The second kappa shape index (κ2) is 5.29. The van der Waals surface area contributed by atoms with E-state index in [1.165, 1.54) is 22.3 Å². The van der Waals surface area contributed by atoms with Gasteiger partial charge >= 0.3 is 0 Å². The zero-order chi connectivity index (χ0) is 11.4. The maximum Gasteiger partial charge on any atom is 0.0796 e. The first-order valence-corrected chi connectivity index (χ1v) is 5.47. The molecule has 0 radical (unpaired) electrons. The van der Waals surface area contributed by atoms with Gasteiger partial charge in [-0.1, -0.05) is 19.1 Å². The molecule has 1 aliphatic rings. The number of hydrogen-bond acceptors (Lipinski definition) is 2. The van der Waals surface area contributed by atoms with Gasteiger partial charge in [-0.3, -0.25) is 0 Å². The van der Waals surface area contributed by atoms with Crippen molar-refractivity contribution in [1.82, 2.24) is 0 Å². The summed E-state index contributed by atoms with van der Waals surface area (Å²) in [6, 6.07) is 4.41. The summed E-state index contributed by atoms with van der Waals surface area (Å²) in [6.45, 7) is 4.30. The van der Waals surface area contributed by atoms with E-state index in [-0.39, 0.29) is 6.10 Å². The molecule has 0 saturated heterocycles. The van der Waals surface area contributed by atoms with Gasteiger partial charge in [-0.15, -0.1) is 0 Å². The highest BCUT2D eigenvalue weighted by Gasteiger charge is 2.21. The van der Waals surface area contributed by atoms with Gasteiger partial charge in [0.25, 0.3) is 0 Å². The minimum Gasteiger partial charge on any atom is -0.400 e. The zero-order valence-electron chi connectivity index (χ0n) is 9.75. The molecule has 0 aliphatic heterocycles. The van der Waals surface area contributed by atoms with Gasteiger partial charge in [0.1, 0.15) is 0 Å². The average molecular weight is 208 g/mol. The lowest BCUT2D eigenvalue weighted by molar-refractivity contribution is 0.180. The number of aliphatic hydroxyl groups excluding tert-OH is 2. The maximum atomic E-state index is 9.73. The zero-order valence-corrected chi connectivity index (χ0v) is 9.75. The predicted octanol–water partition coefficient (Wildman–Crippen LogP) is 2.15. The largest absolute Gasteiger partial charge is 0.400 e. The Hall–Kier alpha value is -0.860. The Balaban J connectivity index is 0.000000531. The van der Waals surface area contributed by atoms with E-state index >= 15 is 0 Å². The molecule has 1 aliphatic carbocycles. The summed E-state index contributed by atoms with van der Waals surface area (Å²) < 4.78 is 0. The summed E-state index contributed by atoms with van der Waals surface area (Å²) >= 11 is 0. The van der Waals surface area contributed by atoms with Gasteiger partial charge in [-0.05, 0) is 48.4 Å². The third-order valence-corrected chi connectivity index (χ3v) is 3.00. The minimum atomic E-state index is -0.208. The molecule has 1 aromatic carbocycles. The normalized spacial score (nSPS) is 18.1. The van der Waals surface area contributed by atoms with Gasteiger partial charge in [0.05, 0.1) is 6.10 Å². The van der Waals surface area contributed by atoms with E-state index in [9.17, 15) is 5.11 Å². The number of aryl methyl sites for hydroxylation is 2. The maximum absolute atomic E-state index is 9.73. The van der Waals surface area contributed by atoms with Crippen molar-refractivity contribution >= 4 is 0 Å². The number of benzene rings is 1. The van der Waals surface area contributed by atoms with Crippen molar-refractivity contribution < 1.29 is 10.2 Å². The molecule has 1 atom stereocenters. The molecule has 0 heterocycles. The molecule has 0 spiro atoms. The highest BCUT2D eigenvalue weighted by Crippen LogP contribution is 2.33. The van der Waals surface area contributed by atoms with Gasteiger partial charge in [-0.25, -0.2) is 0 Å². The minimum absolute atomic E-state index is 0.208. The lowest BCUT2D eigenvalue weighted by Gasteiger charge is -2.09. The summed E-state index contributed by atoms with van der Waals surface area (Å²) in [5, 5.41) is 16.7. The van der Waals surface area contributed by atoms with E-state index in [2.05, 4.69) is 26.0 Å². The smallest absolute Gasteiger partial charge is 0.0796 e. The summed E-state index contributed by atoms with van der Waals surface area (Å²) in [4.78, 5) is 0. The molecule has 1 aromatic rings. The quantitative estimate of drug-likeness (QED) is 0.742. The van der Waals surface area contributed by atoms with Gasteiger partial charge < -0.3 is 10.2 Å². The number of hydrogen-bond donors (Lipinski definition) is 2. The number of aliphatic hydroxyl groups is 2. The fourth-order valence-electron chi connectivity index (χ4n) is 2.20. The number of fused-ring (bicyclic) bond motifs is 1. The van der Waals surface area contributed by atoms with Crippen molar-refractivity contribution in [3.05, 3.63) is 34.4 Å². The molecule has 2 heteroatoms. The second-order valence-corrected chi connectivity index (χ2v) is 3.89. The Labute approximate surface area is 91.6 Å². The fraction of sp³-hybridized carbons (Fsp3) is 0.538. The second-order valence-electron chi connectivity index (χ2n) is 3.89. The Morgan fingerprint density at radius 2 is 2.00 bits per heavy atom. The average Bonchev–Trinajstić information content (AvgIpc) is 2.64. The van der Waals surface area contributed by atoms with E-state index < -0.39 is 0 Å². The van der Waals surface area contributed by atoms with E-state index in [1.54, 1.807) is 0 Å². The highest BCUT2D eigenvalue weighted by molar-refractivity contribution is 5.42. The van der Waals surface area contributed by atoms with Crippen LogP contribution in [0, 0.1) is 6.92 Å². The van der Waals surface area contributed by atoms with Crippen LogP contribution in [0.15, 0.2) is 12.1 Å². The predicted molar refractivity (Wildman–Crippen MR) is 62.0 cm³/mol. The van der Waals surface area contributed by atoms with Gasteiger partial charge in [-0.2, -0.15) is 0 Å². The summed E-state index contributed by atoms with van der Waals surface area (Å²) in [5.74, 6) is 0. The van der Waals surface area contributed by atoms with Crippen LogP contribution < -0.4 is 0 Å². The lowest BCUT2D eigenvalue weighted by Crippen LogP contribution is -1.94. The van der Waals surface area contributed by atoms with Gasteiger partial charge in [0.15, 0.2) is 0 Å². The molecule has 2 N–H and O–H groups in total. The first-order valence-electron chi connectivity index (χ1n) is 5.47. The molecule has 0 fully saturated rings. The standard InChI is InChI=1S/C12H16O.CH4O/c1-3-9-6-8(2)10-4-5-12(13)11(10)7-9;1-2/h6-7,12-13H,3-5H2,1-2H3;2H,1H3. The molecule has 84 valence electrons. The van der Waals surface area contributed by atoms with Crippen LogP contribution in [0.1, 0.15) is 41.7 Å². The SMILES string of the molecule is CCc1cc(C)c2c(c1)C(O)CC2.CO. The molecule has 1 unspecified atom stereocenters. The van der Waals surface area contributed by atoms with E-state index in [0.29, 0.717) is 0 Å². The molecule has 0 amide bonds. The molecule has 0 saturated carbocycles. The Kier molecular flexibility index (Phi) is 4.30. The van der Waals surface area contributed by atoms with Crippen molar-refractivity contribution in [3.8, 4) is 0 Å². The number of rotatable bonds is 1. The molecule has 0 aromatic heterocycles. The van der Waals surface area contributed by atoms with Crippen molar-refractivity contribution in [2.24, 2.45) is 0 Å². The molecular formula is C13H20O2. The van der Waals surface area contributed by atoms with Crippen LogP contribution in [-0.4, -0.2) is 17.3 Å². The van der Waals surface area contributed by atoms with Crippen molar-refractivity contribution in [2.45, 2.75) is 39.2 Å². The first-order chi connectivity index (χ1) is 7.22. The van der Waals surface area contributed by atoms with Crippen molar-refractivity contribution in [1.29, 1.82) is 0 Å². The Morgan fingerprint density at radius 1 is 1.33 bits per heavy atom. The van der Waals surface area contributed by atoms with E-state index in [0.717, 1.165) is 26.4 Å². The van der Waals surface area contributed by atoms with Crippen LogP contribution in [0.3, 0.4) is 0 Å². The van der Waals surface area contributed by atoms with Crippen molar-refractivity contribution in [2.75, 3.05) is 7.11 Å². The molecule has 2 rings (SSSR count). The molecule has 15 heavy (non-hydrogen) atoms. The molecule has 0 bridgehead atoms. The summed E-state index contributed by atoms with van der Waals surface area (Å²) in [6.07, 6.45) is 2.80. The Morgan fingerprint density at radius 3 is 2.60 bits per heavy atom. The van der Waals surface area contributed by atoms with Crippen LogP contribution in [0.2, 0.25) is 0 Å². The van der Waals surface area contributed by atoms with Crippen LogP contribution in [0.25, 0.3) is 0 Å². The molecular weight excluding hydrogens is 188 g/mol. The van der Waals surface area contributed by atoms with Crippen LogP contribution in [0.4, 0.5) is 0 Å². The van der Waals surface area contributed by atoms with Crippen LogP contribution >= 0.6 is 0 Å².